The average Bonchev–Trinajstić information content (AvgIpc) is 3.15. The van der Waals surface area contributed by atoms with Crippen LogP contribution in [0.1, 0.15) is 76.5 Å². The lowest BCUT2D eigenvalue weighted by atomic mass is 9.47. The molecule has 7 atom stereocenters. The minimum atomic E-state index is -3.78. The van der Waals surface area contributed by atoms with E-state index in [-0.39, 0.29) is 21.8 Å². The van der Waals surface area contributed by atoms with E-state index in [0.29, 0.717) is 30.6 Å². The normalized spacial score (nSPS) is 38.6. The SMILES string of the molecule is Cc1ccc(S(=O)(=O)O[C@H]2CC[C@@]3(C)C(=CC[C@@H]4[C@@H]3CC[C@@]3(C)[C@H]4CC[C@@]3(O)Cc3ccccn3)C2)cc1. The highest BCUT2D eigenvalue weighted by Crippen LogP contribution is 2.67. The zero-order valence-corrected chi connectivity index (χ0v) is 23.7. The summed E-state index contributed by atoms with van der Waals surface area (Å²) >= 11 is 0. The van der Waals surface area contributed by atoms with E-state index in [0.717, 1.165) is 56.2 Å². The molecule has 204 valence electrons. The van der Waals surface area contributed by atoms with Crippen LogP contribution in [0.15, 0.2) is 65.2 Å². The first-order valence-corrected chi connectivity index (χ1v) is 15.8. The first kappa shape index (κ1) is 26.2. The van der Waals surface area contributed by atoms with E-state index in [4.69, 9.17) is 4.18 Å². The van der Waals surface area contributed by atoms with E-state index < -0.39 is 15.7 Å². The van der Waals surface area contributed by atoms with Crippen molar-refractivity contribution in [2.75, 3.05) is 0 Å². The summed E-state index contributed by atoms with van der Waals surface area (Å²) in [5, 5.41) is 12.0. The van der Waals surface area contributed by atoms with Gasteiger partial charge in [0.05, 0.1) is 16.6 Å². The summed E-state index contributed by atoms with van der Waals surface area (Å²) in [6.45, 7) is 6.70. The van der Waals surface area contributed by atoms with Crippen molar-refractivity contribution in [2.45, 2.75) is 95.2 Å². The van der Waals surface area contributed by atoms with E-state index in [1.807, 2.05) is 43.5 Å². The molecule has 4 aliphatic rings. The minimum absolute atomic E-state index is 0.0828. The number of allylic oxidation sites excluding steroid dienone is 1. The van der Waals surface area contributed by atoms with Gasteiger partial charge in [-0.05, 0) is 111 Å². The molecule has 0 bridgehead atoms. The lowest BCUT2D eigenvalue weighted by Crippen LogP contribution is -2.55. The van der Waals surface area contributed by atoms with E-state index in [9.17, 15) is 13.5 Å². The van der Waals surface area contributed by atoms with Crippen molar-refractivity contribution in [3.63, 3.8) is 0 Å². The predicted molar refractivity (Wildman–Crippen MR) is 148 cm³/mol. The van der Waals surface area contributed by atoms with Crippen LogP contribution in [0.2, 0.25) is 0 Å². The Hall–Kier alpha value is -2.02. The maximum absolute atomic E-state index is 13.0. The number of fused-ring (bicyclic) bond motifs is 5. The molecule has 2 aromatic rings. The zero-order valence-electron chi connectivity index (χ0n) is 22.9. The molecule has 6 heteroatoms. The molecule has 4 aliphatic carbocycles. The topological polar surface area (TPSA) is 76.5 Å². The molecule has 1 heterocycles. The first-order chi connectivity index (χ1) is 18.0. The number of hydrogen-bond donors (Lipinski definition) is 1. The van der Waals surface area contributed by atoms with E-state index in [1.54, 1.807) is 12.1 Å². The molecule has 1 aromatic heterocycles. The summed E-state index contributed by atoms with van der Waals surface area (Å²) in [5.74, 6) is 1.64. The molecular weight excluding hydrogens is 494 g/mol. The van der Waals surface area contributed by atoms with Gasteiger partial charge in [-0.1, -0.05) is 49.3 Å². The van der Waals surface area contributed by atoms with Gasteiger partial charge < -0.3 is 5.11 Å². The van der Waals surface area contributed by atoms with Gasteiger partial charge in [-0.2, -0.15) is 8.42 Å². The molecular formula is C32H41NO4S. The molecule has 3 fully saturated rings. The summed E-state index contributed by atoms with van der Waals surface area (Å²) in [5.41, 5.74) is 2.67. The summed E-state index contributed by atoms with van der Waals surface area (Å²) in [6.07, 6.45) is 12.0. The standard InChI is InChI=1S/C32H41NO4S/c1-22-7-10-26(11-8-22)38(35,36)37-25-13-16-30(2)23(20-25)9-12-27-28(30)14-17-31(3)29(27)15-18-32(31,34)21-24-6-4-5-19-33-24/h4-11,19,25,27-29,34H,12-18,20-21H2,1-3H3/t25-,27+,28-,29-,30-,31-,32+/m0/s1. The number of aromatic nitrogens is 1. The van der Waals surface area contributed by atoms with E-state index in [1.165, 1.54) is 5.57 Å². The molecule has 1 aromatic carbocycles. The van der Waals surface area contributed by atoms with Gasteiger partial charge in [0.15, 0.2) is 0 Å². The van der Waals surface area contributed by atoms with Gasteiger partial charge in [0.25, 0.3) is 10.1 Å². The second-order valence-corrected chi connectivity index (χ2v) is 14.6. The van der Waals surface area contributed by atoms with Crippen LogP contribution in [-0.2, 0) is 20.7 Å². The highest BCUT2D eigenvalue weighted by Gasteiger charge is 2.63. The lowest BCUT2D eigenvalue weighted by molar-refractivity contribution is -0.124. The summed E-state index contributed by atoms with van der Waals surface area (Å²) in [4.78, 5) is 4.77. The Morgan fingerprint density at radius 2 is 1.76 bits per heavy atom. The van der Waals surface area contributed by atoms with Gasteiger partial charge in [0.2, 0.25) is 0 Å². The van der Waals surface area contributed by atoms with Crippen LogP contribution < -0.4 is 0 Å². The van der Waals surface area contributed by atoms with Crippen LogP contribution in [0.25, 0.3) is 0 Å². The third-order valence-corrected chi connectivity index (χ3v) is 12.5. The van der Waals surface area contributed by atoms with Crippen molar-refractivity contribution in [1.82, 2.24) is 4.98 Å². The lowest BCUT2D eigenvalue weighted by Gasteiger charge is -2.59. The molecule has 0 aliphatic heterocycles. The minimum Gasteiger partial charge on any atom is -0.389 e. The van der Waals surface area contributed by atoms with Crippen molar-refractivity contribution in [2.24, 2.45) is 28.6 Å². The highest BCUT2D eigenvalue weighted by atomic mass is 32.2. The monoisotopic (exact) mass is 535 g/mol. The van der Waals surface area contributed by atoms with Crippen LogP contribution in [0.3, 0.4) is 0 Å². The Bertz CT molecular complexity index is 1320. The van der Waals surface area contributed by atoms with Crippen LogP contribution in [0, 0.1) is 35.5 Å². The second kappa shape index (κ2) is 9.28. The molecule has 1 N–H and O–H groups in total. The molecule has 0 radical (unpaired) electrons. The van der Waals surface area contributed by atoms with Crippen LogP contribution >= 0.6 is 0 Å². The molecule has 0 unspecified atom stereocenters. The Kier molecular flexibility index (Phi) is 6.40. The van der Waals surface area contributed by atoms with Crippen molar-refractivity contribution >= 4 is 10.1 Å². The Labute approximate surface area is 227 Å². The number of aryl methyl sites for hydroxylation is 1. The largest absolute Gasteiger partial charge is 0.389 e. The van der Waals surface area contributed by atoms with Crippen molar-refractivity contribution in [3.05, 3.63) is 71.6 Å². The Morgan fingerprint density at radius 3 is 2.50 bits per heavy atom. The summed E-state index contributed by atoms with van der Waals surface area (Å²) < 4.78 is 31.7. The zero-order chi connectivity index (χ0) is 26.8. The number of aliphatic hydroxyl groups is 1. The highest BCUT2D eigenvalue weighted by molar-refractivity contribution is 7.86. The molecule has 0 saturated heterocycles. The second-order valence-electron chi connectivity index (χ2n) is 13.0. The fourth-order valence-corrected chi connectivity index (χ4v) is 9.96. The fourth-order valence-electron chi connectivity index (χ4n) is 8.85. The fraction of sp³-hybridized carbons (Fsp3) is 0.594. The quantitative estimate of drug-likeness (QED) is 0.354. The maximum atomic E-state index is 13.0. The van der Waals surface area contributed by atoms with Crippen molar-refractivity contribution in [1.29, 1.82) is 0 Å². The molecule has 38 heavy (non-hydrogen) atoms. The number of hydrogen-bond acceptors (Lipinski definition) is 5. The molecule has 0 spiro atoms. The van der Waals surface area contributed by atoms with Gasteiger partial charge >= 0.3 is 0 Å². The number of pyridine rings is 1. The third kappa shape index (κ3) is 4.18. The van der Waals surface area contributed by atoms with Crippen LogP contribution in [0.4, 0.5) is 0 Å². The maximum Gasteiger partial charge on any atom is 0.297 e. The van der Waals surface area contributed by atoms with Gasteiger partial charge in [0, 0.05) is 18.3 Å². The number of nitrogens with zero attached hydrogens (tertiary/aromatic N) is 1. The third-order valence-electron chi connectivity index (χ3n) is 11.2. The van der Waals surface area contributed by atoms with Crippen molar-refractivity contribution in [3.8, 4) is 0 Å². The van der Waals surface area contributed by atoms with E-state index >= 15 is 0 Å². The molecule has 0 amide bonds. The van der Waals surface area contributed by atoms with Crippen LogP contribution in [-0.4, -0.2) is 30.2 Å². The van der Waals surface area contributed by atoms with Gasteiger partial charge in [-0.15, -0.1) is 0 Å². The number of rotatable bonds is 5. The molecule has 5 nitrogen and oxygen atoms in total. The van der Waals surface area contributed by atoms with Gasteiger partial charge in [-0.25, -0.2) is 0 Å². The number of benzene rings is 1. The first-order valence-electron chi connectivity index (χ1n) is 14.4. The summed E-state index contributed by atoms with van der Waals surface area (Å²) in [6, 6.07) is 12.9. The Morgan fingerprint density at radius 1 is 1.00 bits per heavy atom. The average molecular weight is 536 g/mol. The van der Waals surface area contributed by atoms with Gasteiger partial charge in [-0.3, -0.25) is 9.17 Å². The molecule has 3 saturated carbocycles. The molecule has 6 rings (SSSR count). The van der Waals surface area contributed by atoms with Gasteiger partial charge in [0.1, 0.15) is 0 Å². The predicted octanol–water partition coefficient (Wildman–Crippen LogP) is 6.40. The Balaban J connectivity index is 1.19. The van der Waals surface area contributed by atoms with Crippen molar-refractivity contribution < 1.29 is 17.7 Å². The van der Waals surface area contributed by atoms with Crippen LogP contribution in [0.5, 0.6) is 0 Å². The van der Waals surface area contributed by atoms with E-state index in [2.05, 4.69) is 24.9 Å². The smallest absolute Gasteiger partial charge is 0.297 e. The summed E-state index contributed by atoms with van der Waals surface area (Å²) in [7, 11) is -3.78.